The maximum Gasteiger partial charge on any atom is 0.431 e. The van der Waals surface area contributed by atoms with Gasteiger partial charge in [-0.05, 0) is 6.07 Å². The number of amides is 1. The van der Waals surface area contributed by atoms with Crippen LogP contribution in [0.2, 0.25) is 0 Å². The predicted octanol–water partition coefficient (Wildman–Crippen LogP) is 1.01. The summed E-state index contributed by atoms with van der Waals surface area (Å²) < 4.78 is 37.6. The lowest BCUT2D eigenvalue weighted by Crippen LogP contribution is -2.39. The van der Waals surface area contributed by atoms with E-state index in [1.165, 1.54) is 24.5 Å². The van der Waals surface area contributed by atoms with E-state index in [2.05, 4.69) is 10.1 Å². The highest BCUT2D eigenvalue weighted by atomic mass is 19.4. The van der Waals surface area contributed by atoms with E-state index in [1.54, 1.807) is 0 Å². The summed E-state index contributed by atoms with van der Waals surface area (Å²) in [5.74, 6) is 0. The van der Waals surface area contributed by atoms with Gasteiger partial charge in [0.2, 0.25) is 6.41 Å². The Kier molecular flexibility index (Phi) is 2.81. The summed E-state index contributed by atoms with van der Waals surface area (Å²) in [6, 6.07) is 2.82. The third-order valence-corrected chi connectivity index (χ3v) is 2.57. The number of aromatic nitrogens is 1. The van der Waals surface area contributed by atoms with Gasteiger partial charge in [0.05, 0.1) is 6.42 Å². The zero-order chi connectivity index (χ0) is 13.4. The third kappa shape index (κ3) is 1.94. The van der Waals surface area contributed by atoms with Crippen LogP contribution in [0.25, 0.3) is 0 Å². The zero-order valence-corrected chi connectivity index (χ0v) is 8.92. The normalized spacial score (nSPS) is 24.0. The molecule has 5 nitrogen and oxygen atoms in total. The molecule has 1 atom stereocenters. The molecule has 0 saturated carbocycles. The average Bonchev–Trinajstić information content (AvgIpc) is 2.69. The van der Waals surface area contributed by atoms with Gasteiger partial charge in [-0.25, -0.2) is 0 Å². The van der Waals surface area contributed by atoms with E-state index in [1.807, 2.05) is 0 Å². The minimum Gasteiger partial charge on any atom is -0.365 e. The minimum absolute atomic E-state index is 0.0474. The Hall–Kier alpha value is -1.96. The molecule has 1 N–H and O–H groups in total. The fourth-order valence-corrected chi connectivity index (χ4v) is 1.66. The van der Waals surface area contributed by atoms with E-state index in [9.17, 15) is 23.1 Å². The van der Waals surface area contributed by atoms with Crippen molar-refractivity contribution in [3.8, 4) is 0 Å². The molecule has 1 aliphatic heterocycles. The Balaban J connectivity index is 2.40. The number of pyridine rings is 1. The molecule has 0 saturated heterocycles. The Morgan fingerprint density at radius 3 is 2.72 bits per heavy atom. The molecule has 0 bridgehead atoms. The number of aliphatic hydroxyl groups is 1. The fourth-order valence-electron chi connectivity index (χ4n) is 1.66. The Bertz CT molecular complexity index is 489. The molecule has 0 spiro atoms. The molecule has 0 radical (unpaired) electrons. The van der Waals surface area contributed by atoms with Crippen LogP contribution in [0.3, 0.4) is 0 Å². The van der Waals surface area contributed by atoms with Gasteiger partial charge in [0.1, 0.15) is 5.71 Å². The van der Waals surface area contributed by atoms with Crippen LogP contribution in [-0.2, 0) is 10.5 Å². The van der Waals surface area contributed by atoms with Gasteiger partial charge in [-0.15, -0.1) is 0 Å². The number of halogens is 3. The van der Waals surface area contributed by atoms with Gasteiger partial charge < -0.3 is 5.11 Å². The molecule has 0 aliphatic carbocycles. The molecule has 8 heteroatoms. The summed E-state index contributed by atoms with van der Waals surface area (Å²) in [4.78, 5) is 14.4. The monoisotopic (exact) mass is 259 g/mol. The van der Waals surface area contributed by atoms with E-state index in [0.29, 0.717) is 5.01 Å². The molecule has 2 heterocycles. The lowest BCUT2D eigenvalue weighted by molar-refractivity contribution is -0.144. The van der Waals surface area contributed by atoms with Crippen LogP contribution in [-0.4, -0.2) is 33.4 Å². The highest BCUT2D eigenvalue weighted by molar-refractivity contribution is 5.92. The van der Waals surface area contributed by atoms with Crippen molar-refractivity contribution in [2.75, 3.05) is 0 Å². The number of carbonyl (C=O) groups excluding carboxylic acids is 1. The Morgan fingerprint density at radius 1 is 1.50 bits per heavy atom. The van der Waals surface area contributed by atoms with Crippen LogP contribution in [0.1, 0.15) is 12.0 Å². The number of hydrogen-bond acceptors (Lipinski definition) is 4. The van der Waals surface area contributed by atoms with Crippen molar-refractivity contribution >= 4 is 12.1 Å². The van der Waals surface area contributed by atoms with Crippen LogP contribution in [0.4, 0.5) is 13.2 Å². The predicted molar refractivity (Wildman–Crippen MR) is 54.1 cm³/mol. The molecule has 0 fully saturated rings. The van der Waals surface area contributed by atoms with Crippen molar-refractivity contribution in [3.05, 3.63) is 30.1 Å². The first kappa shape index (κ1) is 12.5. The molecule has 1 unspecified atom stereocenters. The van der Waals surface area contributed by atoms with Crippen LogP contribution in [0.5, 0.6) is 0 Å². The van der Waals surface area contributed by atoms with Crippen molar-refractivity contribution in [2.45, 2.75) is 18.3 Å². The van der Waals surface area contributed by atoms with Crippen molar-refractivity contribution in [1.29, 1.82) is 0 Å². The van der Waals surface area contributed by atoms with Gasteiger partial charge in [0.15, 0.2) is 5.72 Å². The SMILES string of the molecule is O=CN1N=C(C(F)(F)F)CC1(O)c1cccnc1. The summed E-state index contributed by atoms with van der Waals surface area (Å²) in [6.45, 7) is 0. The summed E-state index contributed by atoms with van der Waals surface area (Å²) in [7, 11) is 0. The van der Waals surface area contributed by atoms with Gasteiger partial charge in [-0.2, -0.15) is 23.3 Å². The van der Waals surface area contributed by atoms with Crippen LogP contribution in [0, 0.1) is 0 Å². The average molecular weight is 259 g/mol. The Labute approximate surface area is 99.5 Å². The maximum absolute atomic E-state index is 12.5. The summed E-state index contributed by atoms with van der Waals surface area (Å²) in [6.07, 6.45) is -2.87. The summed E-state index contributed by atoms with van der Waals surface area (Å²) in [5, 5.41) is 13.6. The van der Waals surface area contributed by atoms with E-state index in [-0.39, 0.29) is 12.0 Å². The molecule has 2 rings (SSSR count). The molecular weight excluding hydrogens is 251 g/mol. The van der Waals surface area contributed by atoms with Gasteiger partial charge in [0.25, 0.3) is 0 Å². The smallest absolute Gasteiger partial charge is 0.365 e. The summed E-state index contributed by atoms with van der Waals surface area (Å²) in [5.41, 5.74) is -3.28. The highest BCUT2D eigenvalue weighted by Gasteiger charge is 2.51. The molecule has 1 amide bonds. The zero-order valence-electron chi connectivity index (χ0n) is 8.92. The highest BCUT2D eigenvalue weighted by Crippen LogP contribution is 2.38. The lowest BCUT2D eigenvalue weighted by Gasteiger charge is -2.28. The second-order valence-corrected chi connectivity index (χ2v) is 3.73. The van der Waals surface area contributed by atoms with Crippen molar-refractivity contribution < 1.29 is 23.1 Å². The number of hydrazone groups is 1. The number of hydrogen-bond donors (Lipinski definition) is 1. The van der Waals surface area contributed by atoms with Crippen molar-refractivity contribution in [1.82, 2.24) is 9.99 Å². The van der Waals surface area contributed by atoms with Crippen LogP contribution < -0.4 is 0 Å². The number of carbonyl (C=O) groups is 1. The number of nitrogens with zero attached hydrogens (tertiary/aromatic N) is 3. The van der Waals surface area contributed by atoms with E-state index >= 15 is 0 Å². The van der Waals surface area contributed by atoms with Crippen LogP contribution in [0.15, 0.2) is 29.6 Å². The number of rotatable bonds is 2. The minimum atomic E-state index is -4.69. The first-order chi connectivity index (χ1) is 8.38. The molecule has 1 aliphatic rings. The molecular formula is C10H8F3N3O2. The number of alkyl halides is 3. The van der Waals surface area contributed by atoms with Crippen molar-refractivity contribution in [2.24, 2.45) is 5.10 Å². The molecule has 0 aromatic carbocycles. The topological polar surface area (TPSA) is 65.8 Å². The van der Waals surface area contributed by atoms with Gasteiger partial charge in [-0.3, -0.25) is 9.78 Å². The standard InChI is InChI=1S/C10H8F3N3O2/c11-10(12,13)8-4-9(18,16(6-17)15-8)7-2-1-3-14-5-7/h1-3,5-6,18H,4H2. The van der Waals surface area contributed by atoms with Crippen molar-refractivity contribution in [3.63, 3.8) is 0 Å². The third-order valence-electron chi connectivity index (χ3n) is 2.57. The summed E-state index contributed by atoms with van der Waals surface area (Å²) >= 11 is 0. The van der Waals surface area contributed by atoms with Crippen LogP contribution >= 0.6 is 0 Å². The Morgan fingerprint density at radius 2 is 2.22 bits per heavy atom. The second kappa shape index (κ2) is 4.05. The van der Waals surface area contributed by atoms with E-state index in [4.69, 9.17) is 0 Å². The first-order valence-corrected chi connectivity index (χ1v) is 4.90. The molecule has 96 valence electrons. The quantitative estimate of drug-likeness (QED) is 0.806. The van der Waals surface area contributed by atoms with E-state index < -0.39 is 24.0 Å². The molecule has 1 aromatic heterocycles. The maximum atomic E-state index is 12.5. The molecule has 1 aromatic rings. The van der Waals surface area contributed by atoms with E-state index in [0.717, 1.165) is 0 Å². The largest absolute Gasteiger partial charge is 0.431 e. The second-order valence-electron chi connectivity index (χ2n) is 3.73. The lowest BCUT2D eigenvalue weighted by atomic mass is 9.99. The van der Waals surface area contributed by atoms with Gasteiger partial charge in [0, 0.05) is 18.0 Å². The van der Waals surface area contributed by atoms with Gasteiger partial charge >= 0.3 is 6.18 Å². The fraction of sp³-hybridized carbons (Fsp3) is 0.300. The first-order valence-electron chi connectivity index (χ1n) is 4.90. The van der Waals surface area contributed by atoms with Gasteiger partial charge in [-0.1, -0.05) is 6.07 Å². The molecule has 18 heavy (non-hydrogen) atoms.